The lowest BCUT2D eigenvalue weighted by molar-refractivity contribution is 0.614. The maximum Gasteiger partial charge on any atom is 0.126 e. The van der Waals surface area contributed by atoms with Gasteiger partial charge in [-0.3, -0.25) is 0 Å². The van der Waals surface area contributed by atoms with Crippen molar-refractivity contribution in [3.05, 3.63) is 36.0 Å². The smallest absolute Gasteiger partial charge is 0.126 e. The highest BCUT2D eigenvalue weighted by atomic mass is 19.1. The fourth-order valence-corrected chi connectivity index (χ4v) is 0.529. The molecule has 62 valence electrons. The summed E-state index contributed by atoms with van der Waals surface area (Å²) < 4.78 is 24.6. The van der Waals surface area contributed by atoms with Crippen LogP contribution in [0.5, 0.6) is 0 Å². The summed E-state index contributed by atoms with van der Waals surface area (Å²) in [4.78, 5) is 0. The normalized spacial score (nSPS) is 13.5. The van der Waals surface area contributed by atoms with Crippen molar-refractivity contribution in [1.29, 1.82) is 0 Å². The Balaban J connectivity index is 4.23. The van der Waals surface area contributed by atoms with E-state index in [0.29, 0.717) is 12.0 Å². The summed E-state index contributed by atoms with van der Waals surface area (Å²) in [6.45, 7) is 6.61. The molecule has 0 rings (SSSR count). The minimum atomic E-state index is -0.586. The van der Waals surface area contributed by atoms with Crippen LogP contribution in [-0.4, -0.2) is 0 Å². The summed E-state index contributed by atoms with van der Waals surface area (Å²) in [6, 6.07) is 0. The second kappa shape index (κ2) is 4.83. The molecule has 0 aliphatic heterocycles. The van der Waals surface area contributed by atoms with Gasteiger partial charge in [0.15, 0.2) is 0 Å². The average molecular weight is 158 g/mol. The van der Waals surface area contributed by atoms with E-state index < -0.39 is 11.7 Å². The molecule has 0 bridgehead atoms. The van der Waals surface area contributed by atoms with E-state index in [1.807, 2.05) is 6.92 Å². The van der Waals surface area contributed by atoms with Gasteiger partial charge in [-0.2, -0.15) is 0 Å². The first kappa shape index (κ1) is 10.1. The fraction of sp³-hybridized carbons (Fsp3) is 0.333. The van der Waals surface area contributed by atoms with Crippen molar-refractivity contribution in [1.82, 2.24) is 0 Å². The minimum absolute atomic E-state index is 0.539. The lowest BCUT2D eigenvalue weighted by Gasteiger charge is -1.91. The van der Waals surface area contributed by atoms with Crippen LogP contribution < -0.4 is 0 Å². The number of allylic oxidation sites excluding steroid dienone is 5. The lowest BCUT2D eigenvalue weighted by atomic mass is 10.2. The molecular weight excluding hydrogens is 146 g/mol. The van der Waals surface area contributed by atoms with Crippen molar-refractivity contribution in [2.75, 3.05) is 0 Å². The van der Waals surface area contributed by atoms with Crippen LogP contribution in [-0.2, 0) is 0 Å². The molecule has 0 aromatic heterocycles. The number of hydrogen-bond acceptors (Lipinski definition) is 0. The van der Waals surface area contributed by atoms with Gasteiger partial charge in [-0.15, -0.1) is 0 Å². The summed E-state index contributed by atoms with van der Waals surface area (Å²) in [6.07, 6.45) is 2.73. The highest BCUT2D eigenvalue weighted by Gasteiger charge is 1.91. The van der Waals surface area contributed by atoms with Gasteiger partial charge >= 0.3 is 0 Å². The van der Waals surface area contributed by atoms with Crippen LogP contribution in [0, 0.1) is 0 Å². The Morgan fingerprint density at radius 1 is 1.36 bits per heavy atom. The predicted molar refractivity (Wildman–Crippen MR) is 43.5 cm³/mol. The Morgan fingerprint density at radius 2 is 1.91 bits per heavy atom. The van der Waals surface area contributed by atoms with E-state index in [-0.39, 0.29) is 0 Å². The third kappa shape index (κ3) is 5.52. The van der Waals surface area contributed by atoms with Crippen molar-refractivity contribution in [2.24, 2.45) is 0 Å². The van der Waals surface area contributed by atoms with Crippen LogP contribution in [0.2, 0.25) is 0 Å². The summed E-state index contributed by atoms with van der Waals surface area (Å²) in [5.74, 6) is -1.13. The van der Waals surface area contributed by atoms with Crippen molar-refractivity contribution >= 4 is 0 Å². The monoisotopic (exact) mass is 158 g/mol. The Hall–Kier alpha value is -0.920. The van der Waals surface area contributed by atoms with Gasteiger partial charge in [-0.25, -0.2) is 8.78 Å². The molecule has 0 radical (unpaired) electrons. The van der Waals surface area contributed by atoms with E-state index >= 15 is 0 Å². The van der Waals surface area contributed by atoms with E-state index in [4.69, 9.17) is 0 Å². The lowest BCUT2D eigenvalue weighted by Crippen LogP contribution is -1.73. The van der Waals surface area contributed by atoms with Crippen molar-refractivity contribution in [2.45, 2.75) is 20.3 Å². The van der Waals surface area contributed by atoms with Crippen LogP contribution in [0.4, 0.5) is 8.78 Å². The molecule has 0 heterocycles. The molecule has 0 aromatic carbocycles. The summed E-state index contributed by atoms with van der Waals surface area (Å²) in [5, 5.41) is 0. The molecule has 2 heteroatoms. The van der Waals surface area contributed by atoms with E-state index in [9.17, 15) is 8.78 Å². The Kier molecular flexibility index (Phi) is 4.42. The third-order valence-electron chi connectivity index (χ3n) is 1.13. The predicted octanol–water partition coefficient (Wildman–Crippen LogP) is 3.68. The molecule has 0 atom stereocenters. The molecule has 0 fully saturated rings. The Morgan fingerprint density at radius 3 is 2.27 bits per heavy atom. The van der Waals surface area contributed by atoms with Gasteiger partial charge in [-0.05, 0) is 19.4 Å². The summed E-state index contributed by atoms with van der Waals surface area (Å²) in [7, 11) is 0. The summed E-state index contributed by atoms with van der Waals surface area (Å²) in [5.41, 5.74) is 0.653. The Bertz CT molecular complexity index is 196. The van der Waals surface area contributed by atoms with Crippen molar-refractivity contribution in [3.63, 3.8) is 0 Å². The SMILES string of the molecule is C=C(/C=C(F)\C=C(/C)F)CC. The van der Waals surface area contributed by atoms with Crippen LogP contribution in [0.15, 0.2) is 36.0 Å². The molecule has 0 aliphatic rings. The Labute approximate surface area is 65.9 Å². The first-order valence-electron chi connectivity index (χ1n) is 3.45. The van der Waals surface area contributed by atoms with Gasteiger partial charge in [0.25, 0.3) is 0 Å². The molecule has 0 aromatic rings. The first-order chi connectivity index (χ1) is 5.06. The molecule has 0 N–H and O–H groups in total. The summed E-state index contributed by atoms with van der Waals surface area (Å²) >= 11 is 0. The zero-order valence-electron chi connectivity index (χ0n) is 6.82. The molecule has 0 saturated heterocycles. The van der Waals surface area contributed by atoms with Gasteiger partial charge in [0.1, 0.15) is 5.83 Å². The van der Waals surface area contributed by atoms with Gasteiger partial charge in [0.2, 0.25) is 0 Å². The van der Waals surface area contributed by atoms with Gasteiger partial charge in [0.05, 0.1) is 5.83 Å². The van der Waals surface area contributed by atoms with E-state index in [0.717, 1.165) is 6.08 Å². The largest absolute Gasteiger partial charge is 0.212 e. The van der Waals surface area contributed by atoms with Crippen molar-refractivity contribution in [3.8, 4) is 0 Å². The van der Waals surface area contributed by atoms with Gasteiger partial charge < -0.3 is 0 Å². The highest BCUT2D eigenvalue weighted by Crippen LogP contribution is 2.09. The second-order valence-corrected chi connectivity index (χ2v) is 2.27. The standard InChI is InChI=1S/C9H12F2/c1-4-7(2)5-9(11)6-8(3)10/h5-6H,2,4H2,1,3H3/b8-6+,9-5+. The van der Waals surface area contributed by atoms with Crippen LogP contribution >= 0.6 is 0 Å². The van der Waals surface area contributed by atoms with Crippen LogP contribution in [0.25, 0.3) is 0 Å². The quantitative estimate of drug-likeness (QED) is 0.549. The third-order valence-corrected chi connectivity index (χ3v) is 1.13. The van der Waals surface area contributed by atoms with Crippen LogP contribution in [0.3, 0.4) is 0 Å². The zero-order chi connectivity index (χ0) is 8.85. The maximum atomic E-state index is 12.6. The molecule has 0 aliphatic carbocycles. The second-order valence-electron chi connectivity index (χ2n) is 2.27. The first-order valence-corrected chi connectivity index (χ1v) is 3.45. The number of rotatable bonds is 3. The van der Waals surface area contributed by atoms with E-state index in [1.54, 1.807) is 0 Å². The highest BCUT2D eigenvalue weighted by molar-refractivity contribution is 5.24. The van der Waals surface area contributed by atoms with Crippen LogP contribution in [0.1, 0.15) is 20.3 Å². The molecule has 0 unspecified atom stereocenters. The molecule has 0 amide bonds. The average Bonchev–Trinajstić information content (AvgIpc) is 1.85. The molecule has 0 saturated carbocycles. The molecule has 0 spiro atoms. The topological polar surface area (TPSA) is 0 Å². The van der Waals surface area contributed by atoms with Gasteiger partial charge in [-0.1, -0.05) is 19.1 Å². The van der Waals surface area contributed by atoms with Gasteiger partial charge in [0, 0.05) is 6.08 Å². The molecule has 0 nitrogen and oxygen atoms in total. The number of halogens is 2. The fourth-order valence-electron chi connectivity index (χ4n) is 0.529. The van der Waals surface area contributed by atoms with E-state index in [2.05, 4.69) is 6.58 Å². The number of hydrogen-bond donors (Lipinski definition) is 0. The molecular formula is C9H12F2. The van der Waals surface area contributed by atoms with Crippen molar-refractivity contribution < 1.29 is 8.78 Å². The van der Waals surface area contributed by atoms with E-state index in [1.165, 1.54) is 13.0 Å². The molecule has 11 heavy (non-hydrogen) atoms. The maximum absolute atomic E-state index is 12.6. The minimum Gasteiger partial charge on any atom is -0.212 e. The zero-order valence-corrected chi connectivity index (χ0v) is 6.82.